The van der Waals surface area contributed by atoms with Gasteiger partial charge in [-0.15, -0.1) is 0 Å². The number of carbonyl (C=O) groups excluding carboxylic acids is 1. The van der Waals surface area contributed by atoms with Crippen molar-refractivity contribution in [2.45, 2.75) is 25.9 Å². The van der Waals surface area contributed by atoms with Crippen molar-refractivity contribution >= 4 is 5.91 Å². The Morgan fingerprint density at radius 3 is 3.00 bits per heavy atom. The summed E-state index contributed by atoms with van der Waals surface area (Å²) < 4.78 is 7.48. The molecule has 3 heterocycles. The highest BCUT2D eigenvalue weighted by molar-refractivity contribution is 5.83. The van der Waals surface area contributed by atoms with Crippen LogP contribution in [0.4, 0.5) is 0 Å². The molecule has 20 heavy (non-hydrogen) atoms. The summed E-state index contributed by atoms with van der Waals surface area (Å²) in [4.78, 5) is 19.3. The SMILES string of the molecule is COCC1(C(=O)N2CCn3ccnc3C2)CCNCC1. The summed E-state index contributed by atoms with van der Waals surface area (Å²) >= 11 is 0. The summed E-state index contributed by atoms with van der Waals surface area (Å²) in [5.74, 6) is 1.21. The van der Waals surface area contributed by atoms with Crippen molar-refractivity contribution in [2.75, 3.05) is 33.4 Å². The van der Waals surface area contributed by atoms with Crippen LogP contribution < -0.4 is 5.32 Å². The van der Waals surface area contributed by atoms with E-state index in [2.05, 4.69) is 14.9 Å². The Morgan fingerprint density at radius 2 is 2.25 bits per heavy atom. The molecule has 1 N–H and O–H groups in total. The van der Waals surface area contributed by atoms with Crippen LogP contribution in [0, 0.1) is 5.41 Å². The number of rotatable bonds is 3. The minimum atomic E-state index is -0.352. The summed E-state index contributed by atoms with van der Waals surface area (Å²) in [5.41, 5.74) is -0.352. The van der Waals surface area contributed by atoms with E-state index in [-0.39, 0.29) is 11.3 Å². The lowest BCUT2D eigenvalue weighted by molar-refractivity contribution is -0.149. The second kappa shape index (κ2) is 5.54. The fourth-order valence-electron chi connectivity index (χ4n) is 3.28. The number of fused-ring (bicyclic) bond motifs is 1. The van der Waals surface area contributed by atoms with Gasteiger partial charge in [-0.3, -0.25) is 4.79 Å². The summed E-state index contributed by atoms with van der Waals surface area (Å²) in [6.45, 7) is 4.50. The van der Waals surface area contributed by atoms with Crippen LogP contribution in [0.5, 0.6) is 0 Å². The van der Waals surface area contributed by atoms with Gasteiger partial charge in [0.1, 0.15) is 5.82 Å². The number of methoxy groups -OCH3 is 1. The molecule has 1 amide bonds. The predicted molar refractivity (Wildman–Crippen MR) is 74.1 cm³/mol. The molecule has 0 bridgehead atoms. The quantitative estimate of drug-likeness (QED) is 0.860. The van der Waals surface area contributed by atoms with Crippen molar-refractivity contribution in [3.8, 4) is 0 Å². The molecule has 1 fully saturated rings. The molecular weight excluding hydrogens is 256 g/mol. The Labute approximate surface area is 119 Å². The maximum absolute atomic E-state index is 13.0. The largest absolute Gasteiger partial charge is 0.384 e. The minimum absolute atomic E-state index is 0.232. The van der Waals surface area contributed by atoms with Gasteiger partial charge in [0.05, 0.1) is 18.6 Å². The van der Waals surface area contributed by atoms with Crippen LogP contribution in [0.25, 0.3) is 0 Å². The van der Waals surface area contributed by atoms with Crippen LogP contribution in [0.15, 0.2) is 12.4 Å². The van der Waals surface area contributed by atoms with E-state index in [4.69, 9.17) is 4.74 Å². The Bertz CT molecular complexity index is 474. The second-order valence-corrected chi connectivity index (χ2v) is 5.73. The molecule has 0 aromatic carbocycles. The maximum Gasteiger partial charge on any atom is 0.231 e. The van der Waals surface area contributed by atoms with Crippen molar-refractivity contribution in [1.82, 2.24) is 19.8 Å². The van der Waals surface area contributed by atoms with Crippen LogP contribution in [-0.2, 0) is 22.6 Å². The molecule has 1 aromatic heterocycles. The molecule has 2 aliphatic rings. The first-order valence-electron chi connectivity index (χ1n) is 7.24. The van der Waals surface area contributed by atoms with Gasteiger partial charge in [0.15, 0.2) is 0 Å². The average Bonchev–Trinajstić information content (AvgIpc) is 2.95. The third-order valence-electron chi connectivity index (χ3n) is 4.47. The Balaban J connectivity index is 1.77. The predicted octanol–water partition coefficient (Wildman–Crippen LogP) is 0.242. The lowest BCUT2D eigenvalue weighted by atomic mass is 9.78. The first kappa shape index (κ1) is 13.6. The fourth-order valence-corrected chi connectivity index (χ4v) is 3.28. The first-order valence-corrected chi connectivity index (χ1v) is 7.24. The number of aromatic nitrogens is 2. The Kier molecular flexibility index (Phi) is 3.76. The van der Waals surface area contributed by atoms with E-state index in [9.17, 15) is 4.79 Å². The number of amides is 1. The van der Waals surface area contributed by atoms with Gasteiger partial charge in [-0.05, 0) is 25.9 Å². The monoisotopic (exact) mass is 278 g/mol. The average molecular weight is 278 g/mol. The van der Waals surface area contributed by atoms with Gasteiger partial charge in [-0.2, -0.15) is 0 Å². The van der Waals surface area contributed by atoms with Crippen LogP contribution in [-0.4, -0.2) is 53.7 Å². The summed E-state index contributed by atoms with van der Waals surface area (Å²) in [7, 11) is 1.68. The molecule has 2 aliphatic heterocycles. The van der Waals surface area contributed by atoms with Crippen molar-refractivity contribution < 1.29 is 9.53 Å². The van der Waals surface area contributed by atoms with Gasteiger partial charge in [0.2, 0.25) is 5.91 Å². The van der Waals surface area contributed by atoms with Gasteiger partial charge in [-0.25, -0.2) is 4.98 Å². The van der Waals surface area contributed by atoms with E-state index in [0.29, 0.717) is 13.2 Å². The summed E-state index contributed by atoms with van der Waals surface area (Å²) in [5, 5.41) is 3.32. The van der Waals surface area contributed by atoms with E-state index in [1.165, 1.54) is 0 Å². The number of carbonyl (C=O) groups is 1. The third-order valence-corrected chi connectivity index (χ3v) is 4.47. The molecule has 0 atom stereocenters. The van der Waals surface area contributed by atoms with Crippen LogP contribution in [0.3, 0.4) is 0 Å². The molecule has 0 saturated carbocycles. The van der Waals surface area contributed by atoms with E-state index >= 15 is 0 Å². The first-order chi connectivity index (χ1) is 9.75. The minimum Gasteiger partial charge on any atom is -0.384 e. The highest BCUT2D eigenvalue weighted by Crippen LogP contribution is 2.32. The molecule has 3 rings (SSSR count). The number of piperidine rings is 1. The molecule has 1 saturated heterocycles. The molecule has 0 radical (unpaired) electrons. The lowest BCUT2D eigenvalue weighted by Gasteiger charge is -2.40. The number of imidazole rings is 1. The molecule has 1 aromatic rings. The number of ether oxygens (including phenoxy) is 1. The highest BCUT2D eigenvalue weighted by atomic mass is 16.5. The van der Waals surface area contributed by atoms with Gasteiger partial charge in [0, 0.05) is 32.6 Å². The zero-order valence-corrected chi connectivity index (χ0v) is 12.0. The summed E-state index contributed by atoms with van der Waals surface area (Å²) in [6, 6.07) is 0. The molecular formula is C14H22N4O2. The van der Waals surface area contributed by atoms with Crippen LogP contribution in [0.2, 0.25) is 0 Å². The Morgan fingerprint density at radius 1 is 1.45 bits per heavy atom. The molecule has 6 heteroatoms. The standard InChI is InChI=1S/C14H22N4O2/c1-20-11-14(2-4-15-5-3-14)13(19)18-9-8-17-7-6-16-12(17)10-18/h6-7,15H,2-5,8-11H2,1H3. The number of hydrogen-bond acceptors (Lipinski definition) is 4. The molecule has 0 aliphatic carbocycles. The van der Waals surface area contributed by atoms with Crippen molar-refractivity contribution in [1.29, 1.82) is 0 Å². The van der Waals surface area contributed by atoms with Crippen molar-refractivity contribution in [2.24, 2.45) is 5.41 Å². The van der Waals surface area contributed by atoms with Crippen LogP contribution >= 0.6 is 0 Å². The van der Waals surface area contributed by atoms with E-state index in [0.717, 1.165) is 44.8 Å². The smallest absolute Gasteiger partial charge is 0.231 e. The van der Waals surface area contributed by atoms with Crippen molar-refractivity contribution in [3.05, 3.63) is 18.2 Å². The van der Waals surface area contributed by atoms with Gasteiger partial charge < -0.3 is 19.5 Å². The van der Waals surface area contributed by atoms with E-state index < -0.39 is 0 Å². The third kappa shape index (κ3) is 2.33. The topological polar surface area (TPSA) is 59.4 Å². The van der Waals surface area contributed by atoms with E-state index in [1.54, 1.807) is 13.3 Å². The molecule has 0 unspecified atom stereocenters. The molecule has 0 spiro atoms. The second-order valence-electron chi connectivity index (χ2n) is 5.73. The van der Waals surface area contributed by atoms with Crippen LogP contribution in [0.1, 0.15) is 18.7 Å². The Hall–Kier alpha value is -1.40. The highest BCUT2D eigenvalue weighted by Gasteiger charge is 2.42. The number of hydrogen-bond donors (Lipinski definition) is 1. The number of nitrogens with one attached hydrogen (secondary N) is 1. The van der Waals surface area contributed by atoms with E-state index in [1.807, 2.05) is 11.1 Å². The summed E-state index contributed by atoms with van der Waals surface area (Å²) in [6.07, 6.45) is 5.49. The molecule has 110 valence electrons. The normalized spacial score (nSPS) is 21.6. The molecule has 6 nitrogen and oxygen atoms in total. The zero-order valence-electron chi connectivity index (χ0n) is 12.0. The van der Waals surface area contributed by atoms with Gasteiger partial charge >= 0.3 is 0 Å². The van der Waals surface area contributed by atoms with Gasteiger partial charge in [-0.1, -0.05) is 0 Å². The maximum atomic E-state index is 13.0. The zero-order chi connectivity index (χ0) is 14.0. The fraction of sp³-hybridized carbons (Fsp3) is 0.714. The number of nitrogens with zero attached hydrogens (tertiary/aromatic N) is 3. The lowest BCUT2D eigenvalue weighted by Crippen LogP contribution is -2.53. The van der Waals surface area contributed by atoms with Gasteiger partial charge in [0.25, 0.3) is 0 Å². The van der Waals surface area contributed by atoms with Crippen molar-refractivity contribution in [3.63, 3.8) is 0 Å².